The first-order valence-electron chi connectivity index (χ1n) is 44.8. The zero-order chi connectivity index (χ0) is 87.1. The average molecular weight is 1950 g/mol. The molecule has 0 aliphatic heterocycles. The van der Waals surface area contributed by atoms with Crippen molar-refractivity contribution in [1.82, 2.24) is 0 Å². The molecular weight excluding hydrogens is 1820 g/mol. The number of hydrogen-bond donors (Lipinski definition) is 3. The Labute approximate surface area is 776 Å². The summed E-state index contributed by atoms with van der Waals surface area (Å²) in [6.45, 7) is 19.9. The van der Waals surface area contributed by atoms with Crippen LogP contribution in [0.5, 0.6) is 17.2 Å². The smallest absolute Gasteiger partial charge is 0.488 e. The number of aryl methyl sites for hydroxylation is 1. The monoisotopic (exact) mass is 1940 g/mol. The molecule has 638 valence electrons. The van der Waals surface area contributed by atoms with Gasteiger partial charge in [0.1, 0.15) is 17.2 Å². The third kappa shape index (κ3) is 31.0. The highest BCUT2D eigenvalue weighted by atomic mass is 79.9. The number of phenolic OH excluding ortho intramolecular Hbond substituents is 1. The van der Waals surface area contributed by atoms with Crippen molar-refractivity contribution in [3.05, 3.63) is 317 Å². The number of benzene rings is 12. The Balaban J connectivity index is 0.000000174. The lowest BCUT2D eigenvalue weighted by molar-refractivity contribution is 0.304. The van der Waals surface area contributed by atoms with E-state index in [9.17, 15) is 0 Å². The second kappa shape index (κ2) is 52.4. The van der Waals surface area contributed by atoms with Gasteiger partial charge in [-0.05, 0) is 240 Å². The minimum Gasteiger partial charge on any atom is -0.508 e. The van der Waals surface area contributed by atoms with E-state index in [2.05, 4.69) is 305 Å². The Hall–Kier alpha value is -7.51. The van der Waals surface area contributed by atoms with Gasteiger partial charge < -0.3 is 24.6 Å². The van der Waals surface area contributed by atoms with E-state index >= 15 is 0 Å². The van der Waals surface area contributed by atoms with E-state index in [-0.39, 0.29) is 10.8 Å². The van der Waals surface area contributed by atoms with E-state index in [0.717, 1.165) is 88.5 Å². The average Bonchev–Trinajstić information content (AvgIpc) is 1.57. The number of ether oxygens (including phenoxy) is 2. The van der Waals surface area contributed by atoms with Crippen molar-refractivity contribution in [3.63, 3.8) is 0 Å². The molecule has 12 heteroatoms. The van der Waals surface area contributed by atoms with E-state index < -0.39 is 7.12 Å². The highest BCUT2D eigenvalue weighted by molar-refractivity contribution is 9.11. The van der Waals surface area contributed by atoms with Gasteiger partial charge in [0.15, 0.2) is 0 Å². The summed E-state index contributed by atoms with van der Waals surface area (Å²) in [6, 6.07) is 92.4. The molecule has 0 atom stereocenters. The zero-order valence-electron chi connectivity index (χ0n) is 73.4. The van der Waals surface area contributed by atoms with Crippen molar-refractivity contribution in [3.8, 4) is 95.1 Å². The van der Waals surface area contributed by atoms with Crippen LogP contribution in [0, 0.1) is 0 Å². The van der Waals surface area contributed by atoms with Crippen LogP contribution in [-0.4, -0.2) is 43.3 Å². The molecule has 0 spiro atoms. The number of aromatic hydroxyl groups is 1. The molecule has 0 aromatic heterocycles. The van der Waals surface area contributed by atoms with Crippen LogP contribution in [0.3, 0.4) is 0 Å². The quantitative estimate of drug-likeness (QED) is 0.0272. The fourth-order valence-corrected chi connectivity index (χ4v) is 17.4. The van der Waals surface area contributed by atoms with Crippen LogP contribution in [0.2, 0.25) is 6.32 Å². The maximum Gasteiger partial charge on any atom is 0.488 e. The summed E-state index contributed by atoms with van der Waals surface area (Å²) >= 11 is 17.7. The van der Waals surface area contributed by atoms with Gasteiger partial charge in [0.2, 0.25) is 0 Å². The van der Waals surface area contributed by atoms with E-state index in [0.29, 0.717) is 11.2 Å². The van der Waals surface area contributed by atoms with Gasteiger partial charge in [0.25, 0.3) is 0 Å². The van der Waals surface area contributed by atoms with Gasteiger partial charge in [0, 0.05) is 33.2 Å². The number of unbranched alkanes of at least 4 members (excludes halogenated alkanes) is 20. The first-order valence-corrected chi connectivity index (χ1v) is 48.8. The van der Waals surface area contributed by atoms with Crippen LogP contribution in [0.4, 0.5) is 0 Å². The fourth-order valence-electron chi connectivity index (χ4n) is 15.7. The summed E-state index contributed by atoms with van der Waals surface area (Å²) in [5, 5.41) is 27.4. The number of phenols is 1. The molecule has 12 aromatic rings. The normalized spacial score (nSPS) is 12.0. The second-order valence-corrected chi connectivity index (χ2v) is 37.8. The Morgan fingerprint density at radius 3 is 0.877 bits per heavy atom. The fraction of sp³-hybridized carbons (Fsp3) is 0.345. The zero-order valence-corrected chi connectivity index (χ0v) is 81.3. The summed E-state index contributed by atoms with van der Waals surface area (Å²) in [7, 11) is 3.92. The Morgan fingerprint density at radius 2 is 0.533 bits per heavy atom. The summed E-state index contributed by atoms with van der Waals surface area (Å²) in [6.07, 6.45) is 33.6. The molecule has 0 fully saturated rings. The summed E-state index contributed by atoms with van der Waals surface area (Å²) in [5.74, 6) is 2.16. The van der Waals surface area contributed by atoms with Crippen molar-refractivity contribution in [2.45, 2.75) is 233 Å². The van der Waals surface area contributed by atoms with Gasteiger partial charge in [-0.1, -0.05) is 440 Å². The van der Waals surface area contributed by atoms with Gasteiger partial charge in [-0.3, -0.25) is 0 Å². The Kier molecular flexibility index (Phi) is 42.2. The maximum absolute atomic E-state index is 9.14. The molecule has 0 heterocycles. The molecule has 0 amide bonds. The van der Waals surface area contributed by atoms with Crippen molar-refractivity contribution >= 4 is 100 Å². The number of halogens is 5. The second-order valence-electron chi connectivity index (χ2n) is 33.3. The van der Waals surface area contributed by atoms with Gasteiger partial charge in [-0.2, -0.15) is 0 Å². The van der Waals surface area contributed by atoms with Crippen molar-refractivity contribution < 1.29 is 24.6 Å². The standard InChI is InChI=1S/C35H37Br.C20H27BO3.C20H25BrO.C15H12Br2.C12H9BrO.C8H17B/c1-4-5-6-7-8-9-10-25-11-13-26(14-12-25)27-15-17-28(18-16-27)29-19-21-31-32-22-20-30(36)24-34(32)35(2,3)33(31)23-29;1-2-3-4-5-6-7-16-24-20-14-10-18(11-15-20)17-8-12-19(13-9-17)21(22)23;1-2-3-4-5-6-7-16-22-20-14-10-18(11-15-20)17-8-12-19(21)13-9-17;1-15(2)13-7-9(16)3-5-11(13)12-6-4-10(17)8-14(12)15;13-11-5-1-9(2-6-11)10-3-7-12(14)8-4-10;1-2-3-4-5-6-7-8-9/h11-24H,4-10H2,1-3H3;8-15,22-23H,2-7,16H2,1H3;8-15H,2-7,16H2,1H3;3-8H,1-2H3;1-8,14H;2-8H2,1H3. The molecule has 0 saturated heterocycles. The van der Waals surface area contributed by atoms with Crippen LogP contribution in [0.25, 0.3) is 77.9 Å². The van der Waals surface area contributed by atoms with E-state index in [1.807, 2.05) is 72.8 Å². The molecule has 0 unspecified atom stereocenters. The molecule has 0 saturated carbocycles. The molecule has 14 rings (SSSR count). The number of rotatable bonds is 35. The van der Waals surface area contributed by atoms with Crippen LogP contribution in [0.15, 0.2) is 289 Å². The molecule has 0 bridgehead atoms. The topological polar surface area (TPSA) is 79.2 Å². The van der Waals surface area contributed by atoms with Crippen LogP contribution < -0.4 is 14.9 Å². The molecule has 12 aromatic carbocycles. The lowest BCUT2D eigenvalue weighted by Crippen LogP contribution is -2.29. The van der Waals surface area contributed by atoms with Crippen LogP contribution >= 0.6 is 79.6 Å². The van der Waals surface area contributed by atoms with Crippen molar-refractivity contribution in [2.24, 2.45) is 0 Å². The number of hydrogen-bond acceptors (Lipinski definition) is 5. The van der Waals surface area contributed by atoms with E-state index in [1.165, 1.54) is 231 Å². The summed E-state index contributed by atoms with van der Waals surface area (Å²) in [4.78, 5) is 0. The van der Waals surface area contributed by atoms with Crippen molar-refractivity contribution in [1.29, 1.82) is 0 Å². The largest absolute Gasteiger partial charge is 0.508 e. The predicted molar refractivity (Wildman–Crippen MR) is 543 cm³/mol. The lowest BCUT2D eigenvalue weighted by Gasteiger charge is -2.22. The predicted octanol–water partition coefficient (Wildman–Crippen LogP) is 33.9. The molecular formula is C110H127B2Br5O5. The first kappa shape index (κ1) is 98.3. The van der Waals surface area contributed by atoms with Gasteiger partial charge >= 0.3 is 7.12 Å². The van der Waals surface area contributed by atoms with E-state index in [1.54, 1.807) is 24.3 Å². The lowest BCUT2D eigenvalue weighted by atomic mass is 9.80. The number of fused-ring (bicyclic) bond motifs is 6. The maximum atomic E-state index is 9.14. The van der Waals surface area contributed by atoms with Gasteiger partial charge in [-0.15, -0.1) is 0 Å². The molecule has 122 heavy (non-hydrogen) atoms. The third-order valence-electron chi connectivity index (χ3n) is 23.1. The molecule has 2 aliphatic carbocycles. The minimum atomic E-state index is -1.42. The molecule has 2 aliphatic rings. The third-order valence-corrected chi connectivity index (χ3v) is 25.7. The first-order chi connectivity index (χ1) is 59.1. The molecule has 3 N–H and O–H groups in total. The van der Waals surface area contributed by atoms with E-state index in [4.69, 9.17) is 32.5 Å². The highest BCUT2D eigenvalue weighted by Gasteiger charge is 2.37. The van der Waals surface area contributed by atoms with Gasteiger partial charge in [0.05, 0.1) is 21.1 Å². The molecule has 2 radical (unpaired) electrons. The SMILES string of the molecule is CC1(C)c2cc(Br)ccc2-c2ccc(Br)cc21.CCCCCCCCOc1ccc(-c2ccc(B(O)O)cc2)cc1.CCCCCCCCOc1ccc(-c2ccc(Br)cc2)cc1.CCCCCCCCc1ccc(-c2ccc(-c3ccc4c(c3)C(C)(C)c3cc(Br)ccc3-4)cc2)cc1.Oc1ccc(-c2ccc(Br)cc2)cc1.[B]CCCCCCCC. The van der Waals surface area contributed by atoms with Crippen molar-refractivity contribution in [2.75, 3.05) is 13.2 Å². The van der Waals surface area contributed by atoms with Gasteiger partial charge in [-0.25, -0.2) is 0 Å². The summed E-state index contributed by atoms with van der Waals surface area (Å²) < 4.78 is 17.2. The van der Waals surface area contributed by atoms with Crippen LogP contribution in [-0.2, 0) is 17.3 Å². The minimum absolute atomic E-state index is 0.00164. The Bertz CT molecular complexity index is 4910. The highest BCUT2D eigenvalue weighted by Crippen LogP contribution is 2.52. The molecule has 5 nitrogen and oxygen atoms in total. The Morgan fingerprint density at radius 1 is 0.279 bits per heavy atom. The summed E-state index contributed by atoms with van der Waals surface area (Å²) in [5.41, 5.74) is 25.1. The van der Waals surface area contributed by atoms with Crippen LogP contribution in [0.1, 0.15) is 237 Å².